The van der Waals surface area contributed by atoms with E-state index in [2.05, 4.69) is 10.4 Å². The first-order valence-corrected chi connectivity index (χ1v) is 10.5. The predicted molar refractivity (Wildman–Crippen MR) is 123 cm³/mol. The number of methoxy groups -OCH3 is 1. The fraction of sp³-hybridized carbons (Fsp3) is 0.160. The number of fused-ring (bicyclic) bond motifs is 3. The van der Waals surface area contributed by atoms with Crippen LogP contribution in [-0.2, 0) is 17.9 Å². The average molecular weight is 442 g/mol. The van der Waals surface area contributed by atoms with Crippen LogP contribution in [-0.4, -0.2) is 40.8 Å². The van der Waals surface area contributed by atoms with Gasteiger partial charge in [0.05, 0.1) is 32.2 Å². The van der Waals surface area contributed by atoms with Crippen molar-refractivity contribution >= 4 is 28.4 Å². The highest BCUT2D eigenvalue weighted by atomic mass is 16.5. The zero-order valence-corrected chi connectivity index (χ0v) is 18.0. The van der Waals surface area contributed by atoms with Crippen molar-refractivity contribution in [3.63, 3.8) is 0 Å². The molecule has 33 heavy (non-hydrogen) atoms. The molecule has 2 aromatic heterocycles. The molecule has 1 N–H and O–H groups in total. The Hall–Kier alpha value is -4.33. The molecule has 0 unspecified atom stereocenters. The third-order valence-corrected chi connectivity index (χ3v) is 5.57. The van der Waals surface area contributed by atoms with E-state index in [0.717, 1.165) is 22.2 Å². The Kier molecular flexibility index (Phi) is 5.40. The fourth-order valence-corrected chi connectivity index (χ4v) is 3.89. The lowest BCUT2D eigenvalue weighted by Crippen LogP contribution is -2.37. The lowest BCUT2D eigenvalue weighted by atomic mass is 10.1. The lowest BCUT2D eigenvalue weighted by molar-refractivity contribution is -0.122. The van der Waals surface area contributed by atoms with E-state index in [-0.39, 0.29) is 24.9 Å². The number of aromatic nitrogens is 1. The average Bonchev–Trinajstić information content (AvgIpc) is 3.47. The number of carbonyl (C=O) groups excluding carboxylic acids is 2. The van der Waals surface area contributed by atoms with Crippen molar-refractivity contribution in [2.24, 2.45) is 5.10 Å². The molecule has 8 heteroatoms. The number of rotatable bonds is 6. The Morgan fingerprint density at radius 1 is 1.12 bits per heavy atom. The molecule has 0 saturated heterocycles. The summed E-state index contributed by atoms with van der Waals surface area (Å²) in [5, 5.41) is 9.58. The summed E-state index contributed by atoms with van der Waals surface area (Å²) in [5.74, 6) is 0.698. The van der Waals surface area contributed by atoms with Crippen molar-refractivity contribution in [2.45, 2.75) is 13.1 Å². The van der Waals surface area contributed by atoms with Crippen LogP contribution in [0.1, 0.15) is 21.8 Å². The van der Waals surface area contributed by atoms with Gasteiger partial charge in [-0.2, -0.15) is 5.10 Å². The maximum absolute atomic E-state index is 13.4. The first kappa shape index (κ1) is 20.6. The number of hydrogen-bond acceptors (Lipinski definition) is 5. The van der Waals surface area contributed by atoms with Crippen LogP contribution >= 0.6 is 0 Å². The minimum atomic E-state index is -0.331. The zero-order chi connectivity index (χ0) is 22.8. The molecule has 3 heterocycles. The third kappa shape index (κ3) is 4.10. The van der Waals surface area contributed by atoms with Gasteiger partial charge in [-0.05, 0) is 54.1 Å². The monoisotopic (exact) mass is 442 g/mol. The summed E-state index contributed by atoms with van der Waals surface area (Å²) in [6.07, 6.45) is 1.55. The molecule has 1 aliphatic heterocycles. The smallest absolute Gasteiger partial charge is 0.291 e. The van der Waals surface area contributed by atoms with Crippen molar-refractivity contribution in [3.8, 4) is 5.75 Å². The molecule has 2 amide bonds. The molecule has 5 rings (SSSR count). The lowest BCUT2D eigenvalue weighted by Gasteiger charge is -2.16. The van der Waals surface area contributed by atoms with Crippen molar-refractivity contribution in [3.05, 3.63) is 90.0 Å². The summed E-state index contributed by atoms with van der Waals surface area (Å²) in [7, 11) is 1.61. The minimum Gasteiger partial charge on any atom is -0.497 e. The van der Waals surface area contributed by atoms with Gasteiger partial charge in [0.1, 0.15) is 23.7 Å². The van der Waals surface area contributed by atoms with E-state index in [1.807, 2.05) is 59.2 Å². The van der Waals surface area contributed by atoms with Gasteiger partial charge in [0, 0.05) is 10.9 Å². The van der Waals surface area contributed by atoms with Gasteiger partial charge in [0.25, 0.3) is 5.91 Å². The Morgan fingerprint density at radius 3 is 2.70 bits per heavy atom. The van der Waals surface area contributed by atoms with Gasteiger partial charge in [-0.3, -0.25) is 9.59 Å². The van der Waals surface area contributed by atoms with E-state index in [1.165, 1.54) is 5.01 Å². The first-order valence-electron chi connectivity index (χ1n) is 10.5. The van der Waals surface area contributed by atoms with Crippen molar-refractivity contribution < 1.29 is 18.7 Å². The molecular formula is C25H22N4O4. The number of carbonyl (C=O) groups is 2. The van der Waals surface area contributed by atoms with Gasteiger partial charge in [0.15, 0.2) is 0 Å². The molecule has 0 atom stereocenters. The number of hydrazone groups is 1. The summed E-state index contributed by atoms with van der Waals surface area (Å²) < 4.78 is 12.5. The van der Waals surface area contributed by atoms with Gasteiger partial charge >= 0.3 is 0 Å². The normalized spacial score (nSPS) is 13.4. The SMILES string of the molecule is COc1ccc(C2=NN(CC(=O)NCc3ccco3)C(=O)c3cc4ccccc4n3C2)cc1. The molecule has 0 radical (unpaired) electrons. The molecule has 0 spiro atoms. The van der Waals surface area contributed by atoms with Gasteiger partial charge in [-0.15, -0.1) is 0 Å². The number of benzene rings is 2. The Bertz CT molecular complexity index is 1340. The molecule has 4 aromatic rings. The standard InChI is InChI=1S/C25H22N4O4/c1-32-19-10-8-17(9-11-19)21-15-28-22-7-3-2-5-18(22)13-23(28)25(31)29(27-21)16-24(30)26-14-20-6-4-12-33-20/h2-13H,14-16H2,1H3,(H,26,30). The van der Waals surface area contributed by atoms with Crippen molar-refractivity contribution in [2.75, 3.05) is 13.7 Å². The maximum Gasteiger partial charge on any atom is 0.291 e. The van der Waals surface area contributed by atoms with E-state index in [4.69, 9.17) is 9.15 Å². The third-order valence-electron chi connectivity index (χ3n) is 5.57. The Labute approximate surface area is 190 Å². The van der Waals surface area contributed by atoms with Crippen LogP contribution in [0.15, 0.2) is 82.5 Å². The van der Waals surface area contributed by atoms with Crippen molar-refractivity contribution in [1.29, 1.82) is 0 Å². The van der Waals surface area contributed by atoms with Crippen LogP contribution in [0.4, 0.5) is 0 Å². The summed E-state index contributed by atoms with van der Waals surface area (Å²) in [4.78, 5) is 26.1. The summed E-state index contributed by atoms with van der Waals surface area (Å²) in [6.45, 7) is 0.426. The van der Waals surface area contributed by atoms with Gasteiger partial charge in [-0.1, -0.05) is 18.2 Å². The van der Waals surface area contributed by atoms with Crippen LogP contribution in [0.5, 0.6) is 5.75 Å². The van der Waals surface area contributed by atoms with Crippen LogP contribution in [0, 0.1) is 0 Å². The van der Waals surface area contributed by atoms with E-state index >= 15 is 0 Å². The summed E-state index contributed by atoms with van der Waals surface area (Å²) >= 11 is 0. The van der Waals surface area contributed by atoms with Gasteiger partial charge < -0.3 is 19.0 Å². The van der Waals surface area contributed by atoms with E-state index < -0.39 is 0 Å². The second-order valence-electron chi connectivity index (χ2n) is 7.67. The second-order valence-corrected chi connectivity index (χ2v) is 7.67. The number of para-hydroxylation sites is 1. The molecule has 2 aromatic carbocycles. The highest BCUT2D eigenvalue weighted by Crippen LogP contribution is 2.25. The number of nitrogens with one attached hydrogen (secondary N) is 1. The number of amides is 2. The molecule has 0 bridgehead atoms. The molecule has 0 saturated carbocycles. The number of furan rings is 1. The van der Waals surface area contributed by atoms with Crippen LogP contribution in [0.2, 0.25) is 0 Å². The molecular weight excluding hydrogens is 420 g/mol. The second kappa shape index (κ2) is 8.66. The van der Waals surface area contributed by atoms with E-state index in [0.29, 0.717) is 23.7 Å². The number of hydrogen-bond donors (Lipinski definition) is 1. The Balaban J connectivity index is 1.49. The fourth-order valence-electron chi connectivity index (χ4n) is 3.89. The van der Waals surface area contributed by atoms with Crippen LogP contribution in [0.25, 0.3) is 10.9 Å². The minimum absolute atomic E-state index is 0.208. The first-order chi connectivity index (χ1) is 16.1. The van der Waals surface area contributed by atoms with Crippen molar-refractivity contribution in [1.82, 2.24) is 14.9 Å². The topological polar surface area (TPSA) is 89.1 Å². The predicted octanol–water partition coefficient (Wildman–Crippen LogP) is 3.42. The molecule has 1 aliphatic rings. The van der Waals surface area contributed by atoms with Gasteiger partial charge in [-0.25, -0.2) is 5.01 Å². The summed E-state index contributed by atoms with van der Waals surface area (Å²) in [5.41, 5.74) is 2.94. The van der Waals surface area contributed by atoms with Crippen LogP contribution in [0.3, 0.4) is 0 Å². The summed E-state index contributed by atoms with van der Waals surface area (Å²) in [6, 6.07) is 20.7. The Morgan fingerprint density at radius 2 is 1.94 bits per heavy atom. The maximum atomic E-state index is 13.4. The molecule has 166 valence electrons. The molecule has 8 nitrogen and oxygen atoms in total. The highest BCUT2D eigenvalue weighted by Gasteiger charge is 2.28. The van der Waals surface area contributed by atoms with E-state index in [9.17, 15) is 9.59 Å². The quantitative estimate of drug-likeness (QED) is 0.496. The number of ether oxygens (including phenoxy) is 1. The number of nitrogens with zero attached hydrogens (tertiary/aromatic N) is 3. The van der Waals surface area contributed by atoms with Crippen LogP contribution < -0.4 is 10.1 Å². The van der Waals surface area contributed by atoms with E-state index in [1.54, 1.807) is 25.5 Å². The zero-order valence-electron chi connectivity index (χ0n) is 18.0. The van der Waals surface area contributed by atoms with Gasteiger partial charge in [0.2, 0.25) is 5.91 Å². The largest absolute Gasteiger partial charge is 0.497 e. The molecule has 0 fully saturated rings. The molecule has 0 aliphatic carbocycles. The highest BCUT2D eigenvalue weighted by molar-refractivity contribution is 6.07.